The van der Waals surface area contributed by atoms with Gasteiger partial charge in [-0.1, -0.05) is 12.1 Å². The van der Waals surface area contributed by atoms with Gasteiger partial charge in [0.2, 0.25) is 0 Å². The van der Waals surface area contributed by atoms with Crippen LogP contribution in [0.15, 0.2) is 34.5 Å². The topological polar surface area (TPSA) is 51.2 Å². The molecule has 0 unspecified atom stereocenters. The molecule has 1 fully saturated rings. The van der Waals surface area contributed by atoms with Crippen molar-refractivity contribution in [2.24, 2.45) is 0 Å². The molecular weight excluding hydrogens is 304 g/mol. The van der Waals surface area contributed by atoms with Gasteiger partial charge in [-0.2, -0.15) is 0 Å². The van der Waals surface area contributed by atoms with Gasteiger partial charge in [-0.3, -0.25) is 10.1 Å². The number of benzene rings is 1. The highest BCUT2D eigenvalue weighted by Gasteiger charge is 2.29. The highest BCUT2D eigenvalue weighted by molar-refractivity contribution is 7.99. The highest BCUT2D eigenvalue weighted by atomic mass is 32.2. The Balaban J connectivity index is 1.43. The molecule has 1 aliphatic heterocycles. The molecule has 1 aromatic heterocycles. The van der Waals surface area contributed by atoms with E-state index < -0.39 is 6.10 Å². The number of hydrogen-bond donors (Lipinski definition) is 1. The third-order valence-corrected chi connectivity index (χ3v) is 5.44. The molecule has 0 radical (unpaired) electrons. The van der Waals surface area contributed by atoms with Gasteiger partial charge in [-0.15, -0.1) is 23.1 Å². The molecule has 0 bridgehead atoms. The predicted molar refractivity (Wildman–Crippen MR) is 84.3 cm³/mol. The van der Waals surface area contributed by atoms with Gasteiger partial charge in [0.15, 0.2) is 11.2 Å². The van der Waals surface area contributed by atoms with Gasteiger partial charge in [-0.25, -0.2) is 4.98 Å². The SMILES string of the molecule is O=C(Nc1nc(C2CC2)cs1)[C@@H]1CSc2ccccc2O1. The van der Waals surface area contributed by atoms with Crippen LogP contribution in [0.2, 0.25) is 0 Å². The van der Waals surface area contributed by atoms with Gasteiger partial charge in [0, 0.05) is 21.9 Å². The maximum absolute atomic E-state index is 12.3. The van der Waals surface area contributed by atoms with Crippen molar-refractivity contribution in [3.8, 4) is 5.75 Å². The monoisotopic (exact) mass is 318 g/mol. The number of fused-ring (bicyclic) bond motifs is 1. The van der Waals surface area contributed by atoms with Crippen molar-refractivity contribution in [2.45, 2.75) is 29.8 Å². The Morgan fingerprint density at radius 1 is 1.33 bits per heavy atom. The standard InChI is InChI=1S/C15H14N2O2S2/c18-14(17-15-16-10(7-21-15)9-5-6-9)12-8-20-13-4-2-1-3-11(13)19-12/h1-4,7,9,12H,5-6,8H2,(H,16,17,18)/t12-/m0/s1. The number of carbonyl (C=O) groups is 1. The molecule has 2 heterocycles. The van der Waals surface area contributed by atoms with Crippen LogP contribution in [0.1, 0.15) is 24.5 Å². The van der Waals surface area contributed by atoms with Crippen LogP contribution in [-0.4, -0.2) is 22.7 Å². The Labute approximate surface area is 130 Å². The van der Waals surface area contributed by atoms with Crippen LogP contribution in [0.4, 0.5) is 5.13 Å². The van der Waals surface area contributed by atoms with Crippen LogP contribution in [-0.2, 0) is 4.79 Å². The van der Waals surface area contributed by atoms with Crippen LogP contribution in [0.25, 0.3) is 0 Å². The van der Waals surface area contributed by atoms with E-state index in [1.807, 2.05) is 29.6 Å². The first-order valence-electron chi connectivity index (χ1n) is 6.94. The van der Waals surface area contributed by atoms with Crippen molar-refractivity contribution in [2.75, 3.05) is 11.1 Å². The van der Waals surface area contributed by atoms with Crippen LogP contribution in [0.3, 0.4) is 0 Å². The van der Waals surface area contributed by atoms with Crippen LogP contribution < -0.4 is 10.1 Å². The molecule has 0 saturated heterocycles. The fraction of sp³-hybridized carbons (Fsp3) is 0.333. The number of anilines is 1. The first-order valence-corrected chi connectivity index (χ1v) is 8.81. The summed E-state index contributed by atoms with van der Waals surface area (Å²) in [5.74, 6) is 1.91. The van der Waals surface area contributed by atoms with Crippen molar-refractivity contribution >= 4 is 34.1 Å². The number of thioether (sulfide) groups is 1. The lowest BCUT2D eigenvalue weighted by Gasteiger charge is -2.24. The minimum absolute atomic E-state index is 0.117. The summed E-state index contributed by atoms with van der Waals surface area (Å²) in [4.78, 5) is 17.9. The van der Waals surface area contributed by atoms with E-state index in [1.54, 1.807) is 11.8 Å². The molecule has 108 valence electrons. The van der Waals surface area contributed by atoms with E-state index in [0.29, 0.717) is 16.8 Å². The molecule has 1 atom stereocenters. The van der Waals surface area contributed by atoms with Crippen LogP contribution in [0.5, 0.6) is 5.75 Å². The lowest BCUT2D eigenvalue weighted by atomic mass is 10.3. The molecule has 6 heteroatoms. The first kappa shape index (κ1) is 13.2. The van der Waals surface area contributed by atoms with Crippen molar-refractivity contribution in [1.29, 1.82) is 0 Å². The summed E-state index contributed by atoms with van der Waals surface area (Å²) < 4.78 is 5.78. The Bertz CT molecular complexity index is 682. The van der Waals surface area contributed by atoms with Crippen molar-refractivity contribution in [1.82, 2.24) is 4.98 Å². The minimum Gasteiger partial charge on any atom is -0.479 e. The lowest BCUT2D eigenvalue weighted by Crippen LogP contribution is -2.36. The van der Waals surface area contributed by atoms with Crippen LogP contribution in [0, 0.1) is 0 Å². The molecule has 2 aromatic rings. The predicted octanol–water partition coefficient (Wildman–Crippen LogP) is 3.51. The summed E-state index contributed by atoms with van der Waals surface area (Å²) in [5.41, 5.74) is 1.11. The number of thiazole rings is 1. The number of rotatable bonds is 3. The first-order chi connectivity index (χ1) is 10.3. The second kappa shape index (κ2) is 5.35. The molecule has 1 saturated carbocycles. The van der Waals surface area contributed by atoms with E-state index in [4.69, 9.17) is 4.74 Å². The average molecular weight is 318 g/mol. The molecule has 0 spiro atoms. The van der Waals surface area contributed by atoms with Crippen molar-refractivity contribution < 1.29 is 9.53 Å². The Hall–Kier alpha value is -1.53. The number of amides is 1. The second-order valence-electron chi connectivity index (χ2n) is 5.21. The Kier molecular flexibility index (Phi) is 3.35. The summed E-state index contributed by atoms with van der Waals surface area (Å²) in [7, 11) is 0. The Morgan fingerprint density at radius 3 is 3.05 bits per heavy atom. The molecule has 2 aliphatic rings. The lowest BCUT2D eigenvalue weighted by molar-refractivity contribution is -0.122. The van der Waals surface area contributed by atoms with E-state index in [9.17, 15) is 4.79 Å². The van der Waals surface area contributed by atoms with Gasteiger partial charge in [0.25, 0.3) is 5.91 Å². The van der Waals surface area contributed by atoms with E-state index >= 15 is 0 Å². The molecular formula is C15H14N2O2S2. The summed E-state index contributed by atoms with van der Waals surface area (Å²) in [6.45, 7) is 0. The Morgan fingerprint density at radius 2 is 2.19 bits per heavy atom. The summed E-state index contributed by atoms with van der Waals surface area (Å²) in [6.07, 6.45) is 1.98. The van der Waals surface area contributed by atoms with Gasteiger partial charge in [-0.05, 0) is 25.0 Å². The molecule has 1 amide bonds. The van der Waals surface area contributed by atoms with E-state index in [1.165, 1.54) is 24.2 Å². The van der Waals surface area contributed by atoms with Gasteiger partial charge >= 0.3 is 0 Å². The number of carbonyl (C=O) groups excluding carboxylic acids is 1. The van der Waals surface area contributed by atoms with Crippen molar-refractivity contribution in [3.63, 3.8) is 0 Å². The molecule has 1 aromatic carbocycles. The van der Waals surface area contributed by atoms with E-state index in [2.05, 4.69) is 10.3 Å². The summed E-state index contributed by atoms with van der Waals surface area (Å²) in [5, 5.41) is 5.59. The zero-order chi connectivity index (χ0) is 14.2. The fourth-order valence-corrected chi connectivity index (χ4v) is 4.02. The normalized spacial score (nSPS) is 20.5. The summed E-state index contributed by atoms with van der Waals surface area (Å²) in [6, 6.07) is 7.81. The summed E-state index contributed by atoms with van der Waals surface area (Å²) >= 11 is 3.14. The van der Waals surface area contributed by atoms with E-state index in [-0.39, 0.29) is 5.91 Å². The minimum atomic E-state index is -0.460. The molecule has 21 heavy (non-hydrogen) atoms. The molecule has 4 rings (SSSR count). The van der Waals surface area contributed by atoms with Crippen molar-refractivity contribution in [3.05, 3.63) is 35.3 Å². The van der Waals surface area contributed by atoms with Gasteiger partial charge in [0.05, 0.1) is 5.69 Å². The zero-order valence-electron chi connectivity index (χ0n) is 11.2. The third-order valence-electron chi connectivity index (χ3n) is 3.55. The fourth-order valence-electron chi connectivity index (χ4n) is 2.24. The molecule has 4 nitrogen and oxygen atoms in total. The quantitative estimate of drug-likeness (QED) is 0.941. The smallest absolute Gasteiger partial charge is 0.268 e. The average Bonchev–Trinajstić information content (AvgIpc) is 3.27. The number of para-hydroxylation sites is 1. The number of hydrogen-bond acceptors (Lipinski definition) is 5. The third kappa shape index (κ3) is 2.78. The largest absolute Gasteiger partial charge is 0.479 e. The molecule has 1 aliphatic carbocycles. The maximum atomic E-state index is 12.3. The van der Waals surface area contributed by atoms with Gasteiger partial charge < -0.3 is 4.74 Å². The van der Waals surface area contributed by atoms with Crippen LogP contribution >= 0.6 is 23.1 Å². The molecule has 1 N–H and O–H groups in total. The second-order valence-corrected chi connectivity index (χ2v) is 7.13. The number of nitrogens with one attached hydrogen (secondary N) is 1. The highest BCUT2D eigenvalue weighted by Crippen LogP contribution is 2.41. The van der Waals surface area contributed by atoms with Gasteiger partial charge in [0.1, 0.15) is 5.75 Å². The number of nitrogens with zero attached hydrogens (tertiary/aromatic N) is 1. The maximum Gasteiger partial charge on any atom is 0.268 e. The van der Waals surface area contributed by atoms with E-state index in [0.717, 1.165) is 16.3 Å². The number of ether oxygens (including phenoxy) is 1. The zero-order valence-corrected chi connectivity index (χ0v) is 12.9. The number of aromatic nitrogens is 1.